The summed E-state index contributed by atoms with van der Waals surface area (Å²) in [7, 11) is 0. The van der Waals surface area contributed by atoms with Gasteiger partial charge in [-0.15, -0.1) is 0 Å². The van der Waals surface area contributed by atoms with Gasteiger partial charge in [-0.3, -0.25) is 0 Å². The Morgan fingerprint density at radius 2 is 2.64 bits per heavy atom. The summed E-state index contributed by atoms with van der Waals surface area (Å²) in [5.74, 6) is 0.937. The van der Waals surface area contributed by atoms with Crippen molar-refractivity contribution in [3.05, 3.63) is 24.2 Å². The standard InChI is InChI=1S/C8H9NOS/c1-7(9-6-11)5-8-3-2-4-10-8/h2-4,7H,5H2,1H3. The molecule has 0 saturated heterocycles. The van der Waals surface area contributed by atoms with E-state index in [0.717, 1.165) is 12.2 Å². The van der Waals surface area contributed by atoms with Gasteiger partial charge in [0.15, 0.2) is 0 Å². The van der Waals surface area contributed by atoms with Crippen LogP contribution in [0.2, 0.25) is 0 Å². The summed E-state index contributed by atoms with van der Waals surface area (Å²) in [4.78, 5) is 3.90. The Labute approximate surface area is 70.9 Å². The first-order valence-electron chi connectivity index (χ1n) is 3.42. The zero-order valence-corrected chi connectivity index (χ0v) is 7.10. The summed E-state index contributed by atoms with van der Waals surface area (Å²) in [6.45, 7) is 1.97. The number of hydrogen-bond donors (Lipinski definition) is 0. The summed E-state index contributed by atoms with van der Waals surface area (Å²) in [5.41, 5.74) is 0. The van der Waals surface area contributed by atoms with Crippen LogP contribution < -0.4 is 0 Å². The Morgan fingerprint density at radius 3 is 3.18 bits per heavy atom. The van der Waals surface area contributed by atoms with E-state index in [9.17, 15) is 0 Å². The van der Waals surface area contributed by atoms with Gasteiger partial charge in [0.25, 0.3) is 0 Å². The van der Waals surface area contributed by atoms with E-state index in [1.54, 1.807) is 6.26 Å². The Hall–Kier alpha value is -0.920. The van der Waals surface area contributed by atoms with E-state index in [0.29, 0.717) is 0 Å². The predicted octanol–water partition coefficient (Wildman–Crippen LogP) is 2.31. The zero-order chi connectivity index (χ0) is 8.10. The normalized spacial score (nSPS) is 12.1. The van der Waals surface area contributed by atoms with Crippen molar-refractivity contribution in [1.29, 1.82) is 0 Å². The fourth-order valence-electron chi connectivity index (χ4n) is 0.855. The van der Waals surface area contributed by atoms with E-state index in [-0.39, 0.29) is 6.04 Å². The van der Waals surface area contributed by atoms with Crippen molar-refractivity contribution < 1.29 is 4.42 Å². The second-order valence-electron chi connectivity index (χ2n) is 2.35. The highest BCUT2D eigenvalue weighted by Gasteiger charge is 2.01. The van der Waals surface area contributed by atoms with Crippen molar-refractivity contribution in [1.82, 2.24) is 0 Å². The van der Waals surface area contributed by atoms with E-state index in [4.69, 9.17) is 4.42 Å². The highest BCUT2D eigenvalue weighted by atomic mass is 32.1. The molecule has 0 aliphatic heterocycles. The quantitative estimate of drug-likeness (QED) is 0.510. The number of rotatable bonds is 3. The molecule has 0 radical (unpaired) electrons. The molecule has 0 N–H and O–H groups in total. The molecule has 58 valence electrons. The third kappa shape index (κ3) is 2.66. The summed E-state index contributed by atoms with van der Waals surface area (Å²) < 4.78 is 5.13. The van der Waals surface area contributed by atoms with Gasteiger partial charge in [-0.25, -0.2) is 4.99 Å². The molecule has 0 aliphatic rings. The maximum absolute atomic E-state index is 5.13. The Morgan fingerprint density at radius 1 is 1.82 bits per heavy atom. The summed E-state index contributed by atoms with van der Waals surface area (Å²) >= 11 is 4.48. The second-order valence-corrected chi connectivity index (χ2v) is 2.54. The van der Waals surface area contributed by atoms with Gasteiger partial charge in [0.2, 0.25) is 0 Å². The van der Waals surface area contributed by atoms with Crippen LogP contribution >= 0.6 is 12.2 Å². The molecule has 1 aromatic rings. The van der Waals surface area contributed by atoms with Crippen molar-refractivity contribution in [3.8, 4) is 0 Å². The van der Waals surface area contributed by atoms with Crippen LogP contribution in [0.4, 0.5) is 0 Å². The molecule has 0 spiro atoms. The molecule has 1 rings (SSSR count). The number of aliphatic imine (C=N–C) groups is 1. The molecule has 1 unspecified atom stereocenters. The molecule has 1 aromatic heterocycles. The number of thiocarbonyl (C=S) groups is 1. The number of isothiocyanates is 1. The molecule has 0 saturated carbocycles. The number of furan rings is 1. The van der Waals surface area contributed by atoms with Gasteiger partial charge >= 0.3 is 0 Å². The SMILES string of the molecule is CC(Cc1ccco1)N=C=S. The van der Waals surface area contributed by atoms with Crippen molar-refractivity contribution in [3.63, 3.8) is 0 Å². The lowest BCUT2D eigenvalue weighted by Crippen LogP contribution is -2.00. The molecule has 11 heavy (non-hydrogen) atoms. The Bertz CT molecular complexity index is 249. The molecular formula is C8H9NOS. The first-order valence-corrected chi connectivity index (χ1v) is 3.83. The minimum atomic E-state index is 0.165. The average Bonchev–Trinajstić information content (AvgIpc) is 2.40. The van der Waals surface area contributed by atoms with Gasteiger partial charge in [-0.2, -0.15) is 0 Å². The van der Waals surface area contributed by atoms with Crippen LogP contribution in [0, 0.1) is 0 Å². The van der Waals surface area contributed by atoms with Crippen LogP contribution in [0.1, 0.15) is 12.7 Å². The largest absolute Gasteiger partial charge is 0.469 e. The van der Waals surface area contributed by atoms with E-state index in [1.165, 1.54) is 0 Å². The number of hydrogen-bond acceptors (Lipinski definition) is 3. The van der Waals surface area contributed by atoms with Crippen LogP contribution in [0.3, 0.4) is 0 Å². The van der Waals surface area contributed by atoms with E-state index >= 15 is 0 Å². The van der Waals surface area contributed by atoms with Crippen LogP contribution in [0.5, 0.6) is 0 Å². The molecule has 0 fully saturated rings. The third-order valence-corrected chi connectivity index (χ3v) is 1.46. The van der Waals surface area contributed by atoms with Crippen LogP contribution in [0.15, 0.2) is 27.8 Å². The third-order valence-electron chi connectivity index (χ3n) is 1.35. The molecule has 0 bridgehead atoms. The zero-order valence-electron chi connectivity index (χ0n) is 6.28. The van der Waals surface area contributed by atoms with Crippen LogP contribution in [0.25, 0.3) is 0 Å². The first-order chi connectivity index (χ1) is 5.33. The average molecular weight is 167 g/mol. The molecule has 2 nitrogen and oxygen atoms in total. The minimum Gasteiger partial charge on any atom is -0.469 e. The van der Waals surface area contributed by atoms with Gasteiger partial charge in [-0.1, -0.05) is 0 Å². The van der Waals surface area contributed by atoms with E-state index in [2.05, 4.69) is 22.4 Å². The maximum atomic E-state index is 5.13. The van der Waals surface area contributed by atoms with Crippen molar-refractivity contribution in [2.24, 2.45) is 4.99 Å². The van der Waals surface area contributed by atoms with Gasteiger partial charge < -0.3 is 4.42 Å². The summed E-state index contributed by atoms with van der Waals surface area (Å²) in [5, 5.41) is 2.35. The van der Waals surface area contributed by atoms with Gasteiger partial charge in [-0.05, 0) is 31.3 Å². The molecule has 0 aliphatic carbocycles. The lowest BCUT2D eigenvalue weighted by atomic mass is 10.2. The molecule has 1 heterocycles. The predicted molar refractivity (Wildman–Crippen MR) is 46.9 cm³/mol. The van der Waals surface area contributed by atoms with E-state index < -0.39 is 0 Å². The Kier molecular flexibility index (Phi) is 3.02. The number of nitrogens with zero attached hydrogens (tertiary/aromatic N) is 1. The van der Waals surface area contributed by atoms with Crippen molar-refractivity contribution in [2.75, 3.05) is 0 Å². The van der Waals surface area contributed by atoms with Crippen LogP contribution in [-0.2, 0) is 6.42 Å². The molecule has 0 aromatic carbocycles. The van der Waals surface area contributed by atoms with Crippen molar-refractivity contribution in [2.45, 2.75) is 19.4 Å². The first kappa shape index (κ1) is 8.18. The monoisotopic (exact) mass is 167 g/mol. The maximum Gasteiger partial charge on any atom is 0.105 e. The highest BCUT2D eigenvalue weighted by molar-refractivity contribution is 7.78. The topological polar surface area (TPSA) is 25.5 Å². The van der Waals surface area contributed by atoms with Gasteiger partial charge in [0.05, 0.1) is 17.5 Å². The van der Waals surface area contributed by atoms with Gasteiger partial charge in [0, 0.05) is 6.42 Å². The lowest BCUT2D eigenvalue weighted by molar-refractivity contribution is 0.493. The molecule has 0 amide bonds. The van der Waals surface area contributed by atoms with E-state index in [1.807, 2.05) is 19.1 Å². The Balaban J connectivity index is 2.49. The smallest absolute Gasteiger partial charge is 0.105 e. The fraction of sp³-hybridized carbons (Fsp3) is 0.375. The molecular weight excluding hydrogens is 158 g/mol. The summed E-state index contributed by atoms with van der Waals surface area (Å²) in [6, 6.07) is 3.96. The minimum absolute atomic E-state index is 0.165. The highest BCUT2D eigenvalue weighted by Crippen LogP contribution is 2.05. The lowest BCUT2D eigenvalue weighted by Gasteiger charge is -1.98. The molecule has 3 heteroatoms. The molecule has 1 atom stereocenters. The second kappa shape index (κ2) is 4.06. The van der Waals surface area contributed by atoms with Crippen molar-refractivity contribution >= 4 is 17.4 Å². The van der Waals surface area contributed by atoms with Crippen LogP contribution in [-0.4, -0.2) is 11.2 Å². The summed E-state index contributed by atoms with van der Waals surface area (Å²) in [6.07, 6.45) is 2.44. The fourth-order valence-corrected chi connectivity index (χ4v) is 1.04. The van der Waals surface area contributed by atoms with Gasteiger partial charge in [0.1, 0.15) is 5.76 Å².